The summed E-state index contributed by atoms with van der Waals surface area (Å²) in [6.45, 7) is 2.83. The van der Waals surface area contributed by atoms with E-state index in [0.29, 0.717) is 0 Å². The van der Waals surface area contributed by atoms with Gasteiger partial charge < -0.3 is 9.47 Å². The van der Waals surface area contributed by atoms with Gasteiger partial charge in [-0.15, -0.1) is 0 Å². The van der Waals surface area contributed by atoms with Gasteiger partial charge >= 0.3 is 11.7 Å². The number of carbonyl (C=O) groups is 1. The fourth-order valence-electron chi connectivity index (χ4n) is 1.37. The molecule has 1 rings (SSSR count). The molecule has 0 saturated carbocycles. The van der Waals surface area contributed by atoms with Crippen LogP contribution in [0.5, 0.6) is 5.75 Å². The molecule has 0 amide bonds. The summed E-state index contributed by atoms with van der Waals surface area (Å²) in [6.07, 6.45) is 0. The first-order chi connectivity index (χ1) is 8.79. The molecule has 7 heteroatoms. The Morgan fingerprint density at radius 2 is 2.11 bits per heavy atom. The van der Waals surface area contributed by atoms with Gasteiger partial charge in [-0.3, -0.25) is 14.9 Å². The van der Waals surface area contributed by atoms with E-state index in [1.54, 1.807) is 0 Å². The van der Waals surface area contributed by atoms with Crippen molar-refractivity contribution < 1.29 is 23.6 Å². The lowest BCUT2D eigenvalue weighted by Crippen LogP contribution is -2.32. The van der Waals surface area contributed by atoms with E-state index in [2.05, 4.69) is 4.74 Å². The second-order valence-corrected chi connectivity index (χ2v) is 4.51. The Hall–Kier alpha value is -2.18. The number of esters is 1. The minimum Gasteiger partial charge on any atom is -0.484 e. The Morgan fingerprint density at radius 1 is 1.47 bits per heavy atom. The second kappa shape index (κ2) is 5.64. The van der Waals surface area contributed by atoms with Crippen LogP contribution in [-0.4, -0.2) is 24.6 Å². The van der Waals surface area contributed by atoms with Crippen molar-refractivity contribution in [2.45, 2.75) is 13.8 Å². The highest BCUT2D eigenvalue weighted by atomic mass is 19.1. The van der Waals surface area contributed by atoms with E-state index < -0.39 is 33.6 Å². The molecule has 19 heavy (non-hydrogen) atoms. The molecule has 104 valence electrons. The highest BCUT2D eigenvalue weighted by Gasteiger charge is 2.31. The number of methoxy groups -OCH3 is 1. The molecular formula is C12H14FNO5. The van der Waals surface area contributed by atoms with E-state index in [1.807, 2.05) is 0 Å². The molecule has 1 aromatic rings. The molecule has 0 aliphatic carbocycles. The van der Waals surface area contributed by atoms with Gasteiger partial charge in [0.15, 0.2) is 5.82 Å². The third-order valence-electron chi connectivity index (χ3n) is 2.46. The first-order valence-electron chi connectivity index (χ1n) is 5.43. The average Bonchev–Trinajstić information content (AvgIpc) is 2.35. The Bertz CT molecular complexity index is 501. The van der Waals surface area contributed by atoms with Crippen molar-refractivity contribution in [1.29, 1.82) is 0 Å². The number of nitro groups is 1. The molecular weight excluding hydrogens is 257 g/mol. The molecule has 1 aromatic carbocycles. The van der Waals surface area contributed by atoms with Crippen LogP contribution in [0.25, 0.3) is 0 Å². The van der Waals surface area contributed by atoms with Crippen molar-refractivity contribution in [2.75, 3.05) is 13.7 Å². The van der Waals surface area contributed by atoms with Crippen LogP contribution in [0.1, 0.15) is 13.8 Å². The van der Waals surface area contributed by atoms with Crippen molar-refractivity contribution in [2.24, 2.45) is 5.41 Å². The third kappa shape index (κ3) is 3.40. The second-order valence-electron chi connectivity index (χ2n) is 4.51. The number of benzene rings is 1. The largest absolute Gasteiger partial charge is 0.484 e. The Kier molecular flexibility index (Phi) is 4.42. The van der Waals surface area contributed by atoms with E-state index in [1.165, 1.54) is 27.0 Å². The standard InChI is InChI=1S/C12H14FNO5/c1-12(2,11(15)18-3)7-19-10-8(13)5-4-6-9(10)14(16)17/h4-6H,7H2,1-3H3. The number of nitro benzene ring substituents is 1. The highest BCUT2D eigenvalue weighted by Crippen LogP contribution is 2.31. The molecule has 0 aliphatic heterocycles. The Labute approximate surface area is 109 Å². The van der Waals surface area contributed by atoms with Crippen LogP contribution in [-0.2, 0) is 9.53 Å². The SMILES string of the molecule is COC(=O)C(C)(C)COc1c(F)cccc1[N+](=O)[O-]. The van der Waals surface area contributed by atoms with Gasteiger partial charge in [0.05, 0.1) is 17.4 Å². The minimum atomic E-state index is -1.04. The monoisotopic (exact) mass is 271 g/mol. The molecule has 0 spiro atoms. The van der Waals surface area contributed by atoms with E-state index >= 15 is 0 Å². The maximum absolute atomic E-state index is 13.5. The minimum absolute atomic E-state index is 0.235. The molecule has 0 saturated heterocycles. The fraction of sp³-hybridized carbons (Fsp3) is 0.417. The molecule has 0 bridgehead atoms. The third-order valence-corrected chi connectivity index (χ3v) is 2.46. The normalized spacial score (nSPS) is 10.9. The van der Waals surface area contributed by atoms with Crippen molar-refractivity contribution >= 4 is 11.7 Å². The zero-order valence-corrected chi connectivity index (χ0v) is 10.8. The molecule has 0 aliphatic rings. The number of carbonyl (C=O) groups excluding carboxylic acids is 1. The van der Waals surface area contributed by atoms with E-state index in [9.17, 15) is 19.3 Å². The summed E-state index contributed by atoms with van der Waals surface area (Å²) in [5.74, 6) is -1.88. The molecule has 0 fully saturated rings. The van der Waals surface area contributed by atoms with Crippen LogP contribution in [0.2, 0.25) is 0 Å². The quantitative estimate of drug-likeness (QED) is 0.466. The number of rotatable bonds is 5. The zero-order valence-electron chi connectivity index (χ0n) is 10.8. The van der Waals surface area contributed by atoms with Gasteiger partial charge in [0.25, 0.3) is 0 Å². The van der Waals surface area contributed by atoms with Crippen LogP contribution in [0.3, 0.4) is 0 Å². The molecule has 0 atom stereocenters. The number of hydrogen-bond donors (Lipinski definition) is 0. The van der Waals surface area contributed by atoms with Gasteiger partial charge in [0, 0.05) is 6.07 Å². The van der Waals surface area contributed by atoms with Crippen LogP contribution < -0.4 is 4.74 Å². The molecule has 0 N–H and O–H groups in total. The maximum Gasteiger partial charge on any atom is 0.314 e. The van der Waals surface area contributed by atoms with Crippen LogP contribution in [0.15, 0.2) is 18.2 Å². The predicted octanol–water partition coefficient (Wildman–Crippen LogP) is 2.31. The molecule has 6 nitrogen and oxygen atoms in total. The number of para-hydroxylation sites is 1. The first-order valence-corrected chi connectivity index (χ1v) is 5.43. The average molecular weight is 271 g/mol. The lowest BCUT2D eigenvalue weighted by atomic mass is 9.95. The summed E-state index contributed by atoms with van der Waals surface area (Å²) < 4.78 is 23.2. The number of nitrogens with zero attached hydrogens (tertiary/aromatic N) is 1. The zero-order chi connectivity index (χ0) is 14.6. The summed E-state index contributed by atoms with van der Waals surface area (Å²) in [5.41, 5.74) is -1.52. The number of halogens is 1. The van der Waals surface area contributed by atoms with Gasteiger partial charge in [-0.2, -0.15) is 0 Å². The lowest BCUT2D eigenvalue weighted by molar-refractivity contribution is -0.386. The molecule has 0 heterocycles. The molecule has 0 aromatic heterocycles. The summed E-state index contributed by atoms with van der Waals surface area (Å²) in [4.78, 5) is 21.4. The number of hydrogen-bond acceptors (Lipinski definition) is 5. The van der Waals surface area contributed by atoms with Crippen molar-refractivity contribution in [3.63, 3.8) is 0 Å². The Morgan fingerprint density at radius 3 is 2.63 bits per heavy atom. The smallest absolute Gasteiger partial charge is 0.314 e. The van der Waals surface area contributed by atoms with Crippen LogP contribution in [0.4, 0.5) is 10.1 Å². The van der Waals surface area contributed by atoms with Crippen molar-refractivity contribution in [3.05, 3.63) is 34.1 Å². The lowest BCUT2D eigenvalue weighted by Gasteiger charge is -2.21. The first kappa shape index (κ1) is 14.9. The number of ether oxygens (including phenoxy) is 2. The summed E-state index contributed by atoms with van der Waals surface area (Å²) in [7, 11) is 1.22. The van der Waals surface area contributed by atoms with Crippen molar-refractivity contribution in [1.82, 2.24) is 0 Å². The predicted molar refractivity (Wildman–Crippen MR) is 64.3 cm³/mol. The van der Waals surface area contributed by atoms with Gasteiger partial charge in [-0.05, 0) is 19.9 Å². The van der Waals surface area contributed by atoms with E-state index in [0.717, 1.165) is 12.1 Å². The Balaban J connectivity index is 2.95. The summed E-state index contributed by atoms with van der Waals surface area (Å²) >= 11 is 0. The van der Waals surface area contributed by atoms with Gasteiger partial charge in [0.1, 0.15) is 6.61 Å². The fourth-order valence-corrected chi connectivity index (χ4v) is 1.37. The molecule has 0 unspecified atom stereocenters. The van der Waals surface area contributed by atoms with E-state index in [4.69, 9.17) is 4.74 Å². The van der Waals surface area contributed by atoms with Gasteiger partial charge in [-0.1, -0.05) is 6.07 Å². The summed E-state index contributed by atoms with van der Waals surface area (Å²) in [6, 6.07) is 3.39. The molecule has 0 radical (unpaired) electrons. The van der Waals surface area contributed by atoms with Crippen LogP contribution in [0, 0.1) is 21.3 Å². The topological polar surface area (TPSA) is 78.7 Å². The maximum atomic E-state index is 13.5. The highest BCUT2D eigenvalue weighted by molar-refractivity contribution is 5.75. The van der Waals surface area contributed by atoms with Crippen LogP contribution >= 0.6 is 0 Å². The van der Waals surface area contributed by atoms with Crippen molar-refractivity contribution in [3.8, 4) is 5.75 Å². The van der Waals surface area contributed by atoms with E-state index in [-0.39, 0.29) is 6.61 Å². The van der Waals surface area contributed by atoms with Gasteiger partial charge in [-0.25, -0.2) is 4.39 Å². The van der Waals surface area contributed by atoms with Gasteiger partial charge in [0.2, 0.25) is 5.75 Å². The summed E-state index contributed by atoms with van der Waals surface area (Å²) in [5, 5.41) is 10.8.